The molecule has 20 heavy (non-hydrogen) atoms. The number of thioether (sulfide) groups is 1. The highest BCUT2D eigenvalue weighted by atomic mass is 35.5. The molecule has 2 aliphatic rings. The molecule has 0 heterocycles. The number of benzene rings is 1. The zero-order chi connectivity index (χ0) is 14.2. The predicted octanol–water partition coefficient (Wildman–Crippen LogP) is 3.42. The maximum Gasteiger partial charge on any atom is 0.325 e. The fourth-order valence-corrected chi connectivity index (χ4v) is 3.76. The van der Waals surface area contributed by atoms with Crippen LogP contribution in [-0.2, 0) is 4.79 Å². The third kappa shape index (κ3) is 3.13. The summed E-state index contributed by atoms with van der Waals surface area (Å²) < 4.78 is 0. The van der Waals surface area contributed by atoms with Gasteiger partial charge in [0.15, 0.2) is 0 Å². The normalized spacial score (nSPS) is 21.4. The Morgan fingerprint density at radius 1 is 1.30 bits per heavy atom. The zero-order valence-corrected chi connectivity index (χ0v) is 12.7. The molecule has 3 rings (SSSR count). The van der Waals surface area contributed by atoms with Gasteiger partial charge in [-0.05, 0) is 55.9 Å². The fraction of sp³-hybridized carbons (Fsp3) is 0.533. The lowest BCUT2D eigenvalue weighted by atomic mass is 9.95. The van der Waals surface area contributed by atoms with Crippen LogP contribution >= 0.6 is 23.4 Å². The highest BCUT2D eigenvalue weighted by Crippen LogP contribution is 2.44. The SMILES string of the molecule is O=C(O)C(CSc1ccc(Cl)cc1)(NC1CC1)C1CC1. The summed E-state index contributed by atoms with van der Waals surface area (Å²) in [5, 5.41) is 13.8. The van der Waals surface area contributed by atoms with Crippen molar-refractivity contribution in [1.29, 1.82) is 0 Å². The van der Waals surface area contributed by atoms with E-state index in [0.29, 0.717) is 16.8 Å². The molecule has 0 radical (unpaired) electrons. The molecule has 0 spiro atoms. The second-order valence-corrected chi connectivity index (χ2v) is 7.20. The van der Waals surface area contributed by atoms with Crippen molar-refractivity contribution in [2.24, 2.45) is 5.92 Å². The van der Waals surface area contributed by atoms with E-state index in [-0.39, 0.29) is 5.92 Å². The van der Waals surface area contributed by atoms with Crippen molar-refractivity contribution in [3.05, 3.63) is 29.3 Å². The Morgan fingerprint density at radius 2 is 1.95 bits per heavy atom. The summed E-state index contributed by atoms with van der Waals surface area (Å²) in [6.07, 6.45) is 4.25. The lowest BCUT2D eigenvalue weighted by molar-refractivity contribution is -0.145. The smallest absolute Gasteiger partial charge is 0.325 e. The molecule has 2 saturated carbocycles. The van der Waals surface area contributed by atoms with E-state index < -0.39 is 11.5 Å². The van der Waals surface area contributed by atoms with Crippen molar-refractivity contribution in [3.63, 3.8) is 0 Å². The molecular formula is C15H18ClNO2S. The van der Waals surface area contributed by atoms with E-state index in [2.05, 4.69) is 5.32 Å². The van der Waals surface area contributed by atoms with Crippen LogP contribution in [0.25, 0.3) is 0 Å². The van der Waals surface area contributed by atoms with Gasteiger partial charge in [0.05, 0.1) is 0 Å². The highest BCUT2D eigenvalue weighted by Gasteiger charge is 2.53. The number of hydrogen-bond acceptors (Lipinski definition) is 3. The molecule has 0 amide bonds. The standard InChI is InChI=1S/C15H18ClNO2S/c16-11-3-7-13(8-4-11)20-9-15(14(18)19,10-1-2-10)17-12-5-6-12/h3-4,7-8,10,12,17H,1-2,5-6,9H2,(H,18,19). The van der Waals surface area contributed by atoms with Gasteiger partial charge >= 0.3 is 5.97 Å². The molecule has 2 N–H and O–H groups in total. The van der Waals surface area contributed by atoms with E-state index in [4.69, 9.17) is 11.6 Å². The summed E-state index contributed by atoms with van der Waals surface area (Å²) >= 11 is 7.47. The van der Waals surface area contributed by atoms with E-state index in [0.717, 1.165) is 30.6 Å². The molecule has 1 aromatic carbocycles. The van der Waals surface area contributed by atoms with Gasteiger partial charge in [0.25, 0.3) is 0 Å². The van der Waals surface area contributed by atoms with Gasteiger partial charge in [0.1, 0.15) is 5.54 Å². The Hall–Kier alpha value is -0.710. The quantitative estimate of drug-likeness (QED) is 0.758. The molecular weight excluding hydrogens is 294 g/mol. The van der Waals surface area contributed by atoms with Crippen molar-refractivity contribution < 1.29 is 9.90 Å². The van der Waals surface area contributed by atoms with Crippen molar-refractivity contribution in [2.75, 3.05) is 5.75 Å². The average Bonchev–Trinajstić information content (AvgIpc) is 3.28. The number of rotatable bonds is 7. The Morgan fingerprint density at radius 3 is 2.45 bits per heavy atom. The van der Waals surface area contributed by atoms with Crippen LogP contribution in [0.5, 0.6) is 0 Å². The molecule has 1 atom stereocenters. The van der Waals surface area contributed by atoms with E-state index in [9.17, 15) is 9.90 Å². The molecule has 1 unspecified atom stereocenters. The van der Waals surface area contributed by atoms with Crippen LogP contribution in [0, 0.1) is 5.92 Å². The first-order valence-electron chi connectivity index (χ1n) is 6.99. The molecule has 3 nitrogen and oxygen atoms in total. The minimum absolute atomic E-state index is 0.278. The van der Waals surface area contributed by atoms with E-state index in [1.165, 1.54) is 0 Å². The molecule has 0 saturated heterocycles. The fourth-order valence-electron chi connectivity index (χ4n) is 2.47. The third-order valence-corrected chi connectivity index (χ3v) is 5.43. The highest BCUT2D eigenvalue weighted by molar-refractivity contribution is 7.99. The van der Waals surface area contributed by atoms with Crippen LogP contribution in [0.2, 0.25) is 5.02 Å². The number of carboxylic acid groups (broad SMARTS) is 1. The topological polar surface area (TPSA) is 49.3 Å². The number of halogens is 1. The number of aliphatic carboxylic acids is 1. The summed E-state index contributed by atoms with van der Waals surface area (Å²) in [5.41, 5.74) is -0.758. The number of carbonyl (C=O) groups is 1. The molecule has 2 aliphatic carbocycles. The largest absolute Gasteiger partial charge is 0.480 e. The predicted molar refractivity (Wildman–Crippen MR) is 81.4 cm³/mol. The van der Waals surface area contributed by atoms with Crippen molar-refractivity contribution in [3.8, 4) is 0 Å². The van der Waals surface area contributed by atoms with Gasteiger partial charge in [-0.1, -0.05) is 11.6 Å². The summed E-state index contributed by atoms with van der Waals surface area (Å²) in [6.45, 7) is 0. The van der Waals surface area contributed by atoms with Crippen LogP contribution in [-0.4, -0.2) is 28.4 Å². The first kappa shape index (κ1) is 14.2. The number of hydrogen-bond donors (Lipinski definition) is 2. The van der Waals surface area contributed by atoms with Gasteiger partial charge in [0.2, 0.25) is 0 Å². The molecule has 5 heteroatoms. The van der Waals surface area contributed by atoms with Gasteiger partial charge in [-0.2, -0.15) is 0 Å². The summed E-state index contributed by atoms with van der Waals surface area (Å²) in [5.74, 6) is 0.152. The van der Waals surface area contributed by atoms with Gasteiger partial charge in [0, 0.05) is 21.7 Å². The van der Waals surface area contributed by atoms with Crippen LogP contribution in [0.1, 0.15) is 25.7 Å². The Bertz CT molecular complexity index is 499. The van der Waals surface area contributed by atoms with Crippen LogP contribution in [0.4, 0.5) is 0 Å². The van der Waals surface area contributed by atoms with Crippen LogP contribution < -0.4 is 5.32 Å². The monoisotopic (exact) mass is 311 g/mol. The molecule has 2 fully saturated rings. The first-order valence-corrected chi connectivity index (χ1v) is 8.36. The minimum Gasteiger partial charge on any atom is -0.480 e. The Balaban J connectivity index is 1.71. The maximum absolute atomic E-state index is 11.8. The summed E-state index contributed by atoms with van der Waals surface area (Å²) in [7, 11) is 0. The first-order chi connectivity index (χ1) is 9.60. The van der Waals surface area contributed by atoms with Crippen LogP contribution in [0.3, 0.4) is 0 Å². The van der Waals surface area contributed by atoms with Gasteiger partial charge < -0.3 is 5.11 Å². The molecule has 0 aromatic heterocycles. The Labute approximate surface area is 128 Å². The van der Waals surface area contributed by atoms with E-state index >= 15 is 0 Å². The lowest BCUT2D eigenvalue weighted by Gasteiger charge is -2.30. The summed E-state index contributed by atoms with van der Waals surface area (Å²) in [6, 6.07) is 7.99. The van der Waals surface area contributed by atoms with Crippen molar-refractivity contribution in [1.82, 2.24) is 5.32 Å². The zero-order valence-electron chi connectivity index (χ0n) is 11.1. The Kier molecular flexibility index (Phi) is 3.98. The number of nitrogens with one attached hydrogen (secondary N) is 1. The lowest BCUT2D eigenvalue weighted by Crippen LogP contribution is -2.57. The van der Waals surface area contributed by atoms with Crippen molar-refractivity contribution in [2.45, 2.75) is 42.2 Å². The maximum atomic E-state index is 11.8. The minimum atomic E-state index is -0.758. The number of carboxylic acids is 1. The third-order valence-electron chi connectivity index (χ3n) is 3.98. The molecule has 108 valence electrons. The summed E-state index contributed by atoms with van der Waals surface area (Å²) in [4.78, 5) is 12.9. The second kappa shape index (κ2) is 5.58. The van der Waals surface area contributed by atoms with Crippen LogP contribution in [0.15, 0.2) is 29.2 Å². The van der Waals surface area contributed by atoms with Gasteiger partial charge in [-0.25, -0.2) is 0 Å². The average molecular weight is 312 g/mol. The van der Waals surface area contributed by atoms with E-state index in [1.54, 1.807) is 11.8 Å². The molecule has 0 bridgehead atoms. The van der Waals surface area contributed by atoms with Gasteiger partial charge in [-0.15, -0.1) is 11.8 Å². The molecule has 0 aliphatic heterocycles. The molecule has 1 aromatic rings. The second-order valence-electron chi connectivity index (χ2n) is 5.71. The van der Waals surface area contributed by atoms with Crippen molar-refractivity contribution >= 4 is 29.3 Å². The van der Waals surface area contributed by atoms with Gasteiger partial charge in [-0.3, -0.25) is 10.1 Å². The van der Waals surface area contributed by atoms with E-state index in [1.807, 2.05) is 24.3 Å².